The van der Waals surface area contributed by atoms with Crippen molar-refractivity contribution in [1.82, 2.24) is 10.2 Å². The summed E-state index contributed by atoms with van der Waals surface area (Å²) < 4.78 is 19.1. The van der Waals surface area contributed by atoms with Gasteiger partial charge in [-0.3, -0.25) is 4.79 Å². The van der Waals surface area contributed by atoms with Crippen LogP contribution in [0, 0.1) is 23.7 Å². The van der Waals surface area contributed by atoms with E-state index in [1.807, 2.05) is 12.1 Å². The number of nitrogens with zero attached hydrogens (tertiary/aromatic N) is 2. The minimum Gasteiger partial charge on any atom is -0.379 e. The van der Waals surface area contributed by atoms with Gasteiger partial charge in [0.05, 0.1) is 64.5 Å². The number of nitrogens with one attached hydrogen (secondary N) is 1. The third-order valence-electron chi connectivity index (χ3n) is 10.6. The molecule has 6 unspecified atom stereocenters. The van der Waals surface area contributed by atoms with Gasteiger partial charge in [-0.25, -0.2) is 0 Å². The number of hydrogen-bond donors (Lipinski definition) is 1. The van der Waals surface area contributed by atoms with Gasteiger partial charge in [0.15, 0.2) is 0 Å². The number of fused-ring (bicyclic) bond motifs is 2. The lowest BCUT2D eigenvalue weighted by Gasteiger charge is -2.51. The Bertz CT molecular complexity index is 997. The Hall–Kier alpha value is -1.64. The lowest BCUT2D eigenvalue weighted by Crippen LogP contribution is -2.54. The van der Waals surface area contributed by atoms with E-state index in [4.69, 9.17) is 14.2 Å². The molecule has 7 nitrogen and oxygen atoms in total. The second kappa shape index (κ2) is 17.3. The van der Waals surface area contributed by atoms with E-state index >= 15 is 0 Å². The summed E-state index contributed by atoms with van der Waals surface area (Å²) in [7, 11) is 4.48. The summed E-state index contributed by atoms with van der Waals surface area (Å²) in [5, 5.41) is 3.29. The summed E-state index contributed by atoms with van der Waals surface area (Å²) in [4.78, 5) is 16.4. The van der Waals surface area contributed by atoms with E-state index in [9.17, 15) is 4.79 Å². The third kappa shape index (κ3) is 9.45. The molecule has 1 aromatic rings. The van der Waals surface area contributed by atoms with E-state index in [1.54, 1.807) is 0 Å². The summed E-state index contributed by atoms with van der Waals surface area (Å²) in [5.41, 5.74) is 2.03. The Kier molecular flexibility index (Phi) is 13.9. The van der Waals surface area contributed by atoms with Crippen molar-refractivity contribution in [2.75, 3.05) is 73.2 Å². The molecule has 44 heavy (non-hydrogen) atoms. The largest absolute Gasteiger partial charge is 0.379 e. The molecular formula is C37H63N3O4+2. The number of carbonyl (C=O) groups is 1. The van der Waals surface area contributed by atoms with Crippen LogP contribution >= 0.6 is 0 Å². The van der Waals surface area contributed by atoms with E-state index in [1.165, 1.54) is 30.7 Å². The van der Waals surface area contributed by atoms with Gasteiger partial charge < -0.3 is 28.9 Å². The predicted octanol–water partition coefficient (Wildman–Crippen LogP) is 5.96. The maximum atomic E-state index is 13.7. The number of ether oxygens (including phenoxy) is 3. The van der Waals surface area contributed by atoms with Crippen molar-refractivity contribution >= 4 is 5.91 Å². The molecule has 0 spiro atoms. The van der Waals surface area contributed by atoms with E-state index in [0.717, 1.165) is 81.5 Å². The van der Waals surface area contributed by atoms with Crippen LogP contribution in [0.3, 0.4) is 0 Å². The number of quaternary nitrogens is 1. The van der Waals surface area contributed by atoms with Gasteiger partial charge >= 0.3 is 5.91 Å². The zero-order chi connectivity index (χ0) is 31.5. The van der Waals surface area contributed by atoms with Gasteiger partial charge in [-0.1, -0.05) is 27.7 Å². The predicted molar refractivity (Wildman–Crippen MR) is 179 cm³/mol. The molecule has 6 atom stereocenters. The van der Waals surface area contributed by atoms with Crippen molar-refractivity contribution in [1.29, 1.82) is 0 Å². The van der Waals surface area contributed by atoms with Crippen molar-refractivity contribution in [3.05, 3.63) is 41.3 Å². The van der Waals surface area contributed by atoms with Gasteiger partial charge in [-0.2, -0.15) is 0 Å². The number of amides is 1. The Morgan fingerprint density at radius 3 is 2.34 bits per heavy atom. The van der Waals surface area contributed by atoms with Crippen LogP contribution in [0.25, 0.3) is 0 Å². The second-order valence-corrected chi connectivity index (χ2v) is 14.3. The average molecular weight is 614 g/mol. The van der Waals surface area contributed by atoms with Gasteiger partial charge in [0, 0.05) is 43.7 Å². The highest BCUT2D eigenvalue weighted by atomic mass is 16.5. The second-order valence-electron chi connectivity index (χ2n) is 14.3. The van der Waals surface area contributed by atoms with Gasteiger partial charge in [0.1, 0.15) is 17.7 Å². The molecule has 1 N–H and O–H groups in total. The Morgan fingerprint density at radius 2 is 1.61 bits per heavy atom. The summed E-state index contributed by atoms with van der Waals surface area (Å²) in [5.74, 6) is 3.12. The molecule has 0 aromatic heterocycles. The quantitative estimate of drug-likeness (QED) is 0.133. The minimum absolute atomic E-state index is 0.0643. The molecule has 2 saturated carbocycles. The van der Waals surface area contributed by atoms with E-state index in [-0.39, 0.29) is 18.1 Å². The molecule has 0 bridgehead atoms. The first-order valence-electron chi connectivity index (χ1n) is 17.9. The third-order valence-corrected chi connectivity index (χ3v) is 10.6. The molecule has 1 amide bonds. The number of carbonyl (C=O) groups excluding carboxylic acids is 1. The first-order chi connectivity index (χ1) is 21.3. The summed E-state index contributed by atoms with van der Waals surface area (Å²) in [6.07, 6.45) is 9.51. The molecule has 248 valence electrons. The van der Waals surface area contributed by atoms with Crippen LogP contribution in [0.15, 0.2) is 24.3 Å². The van der Waals surface area contributed by atoms with Crippen molar-refractivity contribution in [3.63, 3.8) is 0 Å². The van der Waals surface area contributed by atoms with Crippen LogP contribution in [0.4, 0.5) is 0 Å². The molecule has 3 aliphatic rings. The van der Waals surface area contributed by atoms with E-state index in [0.29, 0.717) is 43.6 Å². The van der Waals surface area contributed by atoms with Crippen LogP contribution in [0.2, 0.25) is 0 Å². The molecule has 1 saturated heterocycles. The molecule has 1 aromatic carbocycles. The van der Waals surface area contributed by atoms with Gasteiger partial charge in [-0.05, 0) is 76.1 Å². The number of rotatable bonds is 17. The highest BCUT2D eigenvalue weighted by Gasteiger charge is 2.54. The van der Waals surface area contributed by atoms with Crippen LogP contribution in [0.5, 0.6) is 0 Å². The number of hydrogen-bond acceptors (Lipinski definition) is 5. The highest BCUT2D eigenvalue weighted by Crippen LogP contribution is 2.53. The minimum atomic E-state index is 0.0643. The fraction of sp³-hybridized carbons (Fsp3) is 0.784. The zero-order valence-electron chi connectivity index (χ0n) is 28.8. The monoisotopic (exact) mass is 613 g/mol. The summed E-state index contributed by atoms with van der Waals surface area (Å²) >= 11 is 0. The summed E-state index contributed by atoms with van der Waals surface area (Å²) in [6.45, 7) is 16.7. The maximum absolute atomic E-state index is 13.7. The van der Waals surface area contributed by atoms with E-state index < -0.39 is 0 Å². The summed E-state index contributed by atoms with van der Waals surface area (Å²) in [6, 6.07) is 9.03. The van der Waals surface area contributed by atoms with Crippen molar-refractivity contribution in [2.24, 2.45) is 17.8 Å². The highest BCUT2D eigenvalue weighted by molar-refractivity contribution is 5.96. The molecule has 2 aliphatic carbocycles. The smallest absolute Gasteiger partial charge is 0.308 e. The van der Waals surface area contributed by atoms with E-state index in [2.05, 4.69) is 64.1 Å². The van der Waals surface area contributed by atoms with Crippen LogP contribution < -0.4 is 5.32 Å². The van der Waals surface area contributed by atoms with Gasteiger partial charge in [0.25, 0.3) is 0 Å². The first-order valence-corrected chi connectivity index (χ1v) is 17.9. The first kappa shape index (κ1) is 35.2. The Labute approximate surface area is 269 Å². The Morgan fingerprint density at radius 1 is 0.932 bits per heavy atom. The molecule has 7 heteroatoms. The SMILES string of the molecule is CCCOCCOCC[N+](C)(C)CCCNC(=O)c1ccccc1[C+]1C2CCC(C)CC2OC2CC(N(CC)CC)CCC12. The molecular weight excluding hydrogens is 550 g/mol. The standard InChI is InChI=1S/C37H62N3O4/c1-7-22-42-24-25-43-23-21-40(5,6)20-12-19-38-37(41)31-14-11-10-13-30(31)36-32-17-15-28(4)26-34(32)44-35-27-29(16-18-33(35)36)39(8-2)9-3/h10-11,13-14,28-29,32-35H,7-9,12,15-27H2,1-6H3/q+1/p+1. The molecule has 0 radical (unpaired) electrons. The maximum Gasteiger partial charge on any atom is 0.308 e. The lowest BCUT2D eigenvalue weighted by molar-refractivity contribution is -0.890. The van der Waals surface area contributed by atoms with Crippen molar-refractivity contribution in [3.8, 4) is 0 Å². The average Bonchev–Trinajstić information content (AvgIpc) is 3.02. The number of likely N-dealkylation sites (N-methyl/N-ethyl adjacent to an activating group) is 1. The van der Waals surface area contributed by atoms with Gasteiger partial charge in [-0.15, -0.1) is 0 Å². The van der Waals surface area contributed by atoms with Crippen LogP contribution in [-0.2, 0) is 14.2 Å². The molecule has 4 rings (SSSR count). The molecule has 1 aliphatic heterocycles. The normalized spacial score (nSPS) is 27.2. The van der Waals surface area contributed by atoms with Gasteiger partial charge in [0.2, 0.25) is 0 Å². The lowest BCUT2D eigenvalue weighted by atomic mass is 9.60. The topological polar surface area (TPSA) is 60.0 Å². The molecule has 1 heterocycles. The zero-order valence-corrected chi connectivity index (χ0v) is 28.8. The Balaban J connectivity index is 1.37. The van der Waals surface area contributed by atoms with Crippen LogP contribution in [0.1, 0.15) is 95.0 Å². The van der Waals surface area contributed by atoms with Crippen molar-refractivity contribution < 1.29 is 23.5 Å². The fourth-order valence-corrected chi connectivity index (χ4v) is 8.05. The van der Waals surface area contributed by atoms with Crippen LogP contribution in [-0.4, -0.2) is 107 Å². The van der Waals surface area contributed by atoms with Crippen molar-refractivity contribution in [2.45, 2.75) is 97.3 Å². The number of benzene rings is 1. The fourth-order valence-electron chi connectivity index (χ4n) is 8.05. The molecule has 3 fully saturated rings.